The van der Waals surface area contributed by atoms with Gasteiger partial charge in [-0.15, -0.1) is 0 Å². The van der Waals surface area contributed by atoms with Gasteiger partial charge in [-0.1, -0.05) is 360 Å². The van der Waals surface area contributed by atoms with Crippen molar-refractivity contribution < 1.29 is 20.1 Å². The Hall–Kier alpha value is -0.910. The van der Waals surface area contributed by atoms with E-state index in [1.54, 1.807) is 0 Å². The van der Waals surface area contributed by atoms with E-state index in [4.69, 9.17) is 0 Å². The van der Waals surface area contributed by atoms with Crippen molar-refractivity contribution in [1.29, 1.82) is 0 Å². The number of carbonyl (C=O) groups is 1. The molecule has 5 nitrogen and oxygen atoms in total. The molecule has 4 N–H and O–H groups in total. The Kier molecular flexibility index (Phi) is 62.8. The molecule has 0 rings (SSSR count). The molecule has 0 aromatic carbocycles. The van der Waals surface area contributed by atoms with Gasteiger partial charge in [-0.25, -0.2) is 0 Å². The number of rotatable bonds is 64. The Morgan fingerprint density at radius 2 is 0.548 bits per heavy atom. The van der Waals surface area contributed by atoms with E-state index in [9.17, 15) is 20.1 Å². The average Bonchev–Trinajstić information content (AvgIpc) is 3.39. The minimum atomic E-state index is -0.748. The molecular formula is C68H135NO4. The Morgan fingerprint density at radius 3 is 0.795 bits per heavy atom. The van der Waals surface area contributed by atoms with Crippen LogP contribution in [0.5, 0.6) is 0 Å². The lowest BCUT2D eigenvalue weighted by Gasteiger charge is -2.23. The van der Waals surface area contributed by atoms with Crippen LogP contribution in [0.25, 0.3) is 0 Å². The van der Waals surface area contributed by atoms with Crippen molar-refractivity contribution in [3.05, 3.63) is 12.2 Å². The zero-order valence-electron chi connectivity index (χ0n) is 50.1. The number of aliphatic hydroxyl groups excluding tert-OH is 3. The van der Waals surface area contributed by atoms with Crippen molar-refractivity contribution in [1.82, 2.24) is 5.32 Å². The van der Waals surface area contributed by atoms with E-state index in [1.807, 2.05) is 0 Å². The van der Waals surface area contributed by atoms with Crippen LogP contribution in [0.4, 0.5) is 0 Å². The monoisotopic (exact) mass is 1030 g/mol. The number of hydrogen-bond donors (Lipinski definition) is 4. The second kappa shape index (κ2) is 63.6. The second-order valence-electron chi connectivity index (χ2n) is 23.8. The molecule has 3 atom stereocenters. The van der Waals surface area contributed by atoms with Crippen LogP contribution in [-0.2, 0) is 4.79 Å². The quantitative estimate of drug-likeness (QED) is 0.0361. The Bertz CT molecular complexity index is 1050. The first-order valence-electron chi connectivity index (χ1n) is 34.0. The molecule has 436 valence electrons. The number of allylic oxidation sites excluding steroid dienone is 2. The molecule has 0 aromatic heterocycles. The summed E-state index contributed by atoms with van der Waals surface area (Å²) in [6, 6.07) is -0.657. The zero-order valence-corrected chi connectivity index (χ0v) is 50.1. The Morgan fingerprint density at radius 1 is 0.329 bits per heavy atom. The number of carbonyl (C=O) groups excluding carboxylic acids is 1. The lowest BCUT2D eigenvalue weighted by Crippen LogP contribution is -2.46. The van der Waals surface area contributed by atoms with Crippen LogP contribution in [0.2, 0.25) is 0 Å². The molecule has 0 aliphatic rings. The van der Waals surface area contributed by atoms with Crippen molar-refractivity contribution in [3.63, 3.8) is 0 Å². The summed E-state index contributed by atoms with van der Waals surface area (Å²) in [4.78, 5) is 12.6. The molecular weight excluding hydrogens is 895 g/mol. The van der Waals surface area contributed by atoms with Gasteiger partial charge in [-0.3, -0.25) is 4.79 Å². The fourth-order valence-electron chi connectivity index (χ4n) is 11.2. The number of amides is 1. The highest BCUT2D eigenvalue weighted by molar-refractivity contribution is 5.76. The van der Waals surface area contributed by atoms with E-state index >= 15 is 0 Å². The minimum absolute atomic E-state index is 0.0416. The predicted octanol–water partition coefficient (Wildman–Crippen LogP) is 21.8. The summed E-state index contributed by atoms with van der Waals surface area (Å²) in [5, 5.41) is 33.8. The molecule has 0 fully saturated rings. The second-order valence-corrected chi connectivity index (χ2v) is 23.8. The van der Waals surface area contributed by atoms with E-state index in [0.717, 1.165) is 25.7 Å². The standard InChI is InChI=1S/C68H135NO4/c1-3-5-7-9-11-13-15-17-19-21-23-25-27-28-29-30-31-32-33-34-35-36-37-38-40-41-43-45-47-49-51-53-55-57-59-61-65(71)63-68(73)69-66(64-70)67(72)62-60-58-56-54-52-50-48-46-44-42-39-26-24-22-20-18-16-14-12-10-8-6-4-2/h32-33,65-67,70-72H,3-31,34-64H2,1-2H3,(H,69,73)/b33-32-. The number of nitrogens with one attached hydrogen (secondary N) is 1. The lowest BCUT2D eigenvalue weighted by atomic mass is 10.0. The van der Waals surface area contributed by atoms with Gasteiger partial charge in [0.1, 0.15) is 0 Å². The highest BCUT2D eigenvalue weighted by Gasteiger charge is 2.21. The summed E-state index contributed by atoms with van der Waals surface area (Å²) in [6.45, 7) is 4.32. The first kappa shape index (κ1) is 72.1. The van der Waals surface area contributed by atoms with Gasteiger partial charge in [0.15, 0.2) is 0 Å². The van der Waals surface area contributed by atoms with Crippen LogP contribution in [-0.4, -0.2) is 46.1 Å². The topological polar surface area (TPSA) is 89.8 Å². The first-order valence-corrected chi connectivity index (χ1v) is 34.0. The maximum absolute atomic E-state index is 12.6. The number of unbranched alkanes of at least 4 members (excludes halogenated alkanes) is 53. The fraction of sp³-hybridized carbons (Fsp3) is 0.956. The van der Waals surface area contributed by atoms with Crippen LogP contribution < -0.4 is 5.32 Å². The molecule has 0 heterocycles. The van der Waals surface area contributed by atoms with Crippen molar-refractivity contribution in [2.75, 3.05) is 6.61 Å². The molecule has 0 spiro atoms. The van der Waals surface area contributed by atoms with Gasteiger partial charge in [0.05, 0.1) is 31.3 Å². The lowest BCUT2D eigenvalue weighted by molar-refractivity contribution is -0.125. The molecule has 1 amide bonds. The molecule has 0 bridgehead atoms. The number of aliphatic hydroxyl groups is 3. The molecule has 73 heavy (non-hydrogen) atoms. The molecule has 0 aromatic rings. The highest BCUT2D eigenvalue weighted by Crippen LogP contribution is 2.19. The molecule has 0 radical (unpaired) electrons. The van der Waals surface area contributed by atoms with Crippen molar-refractivity contribution in [3.8, 4) is 0 Å². The smallest absolute Gasteiger partial charge is 0.222 e. The molecule has 3 unspecified atom stereocenters. The molecule has 0 aliphatic heterocycles. The van der Waals surface area contributed by atoms with E-state index < -0.39 is 18.2 Å². The Balaban J connectivity index is 3.44. The summed E-state index contributed by atoms with van der Waals surface area (Å²) in [5.41, 5.74) is 0. The van der Waals surface area contributed by atoms with Gasteiger partial charge >= 0.3 is 0 Å². The normalized spacial score (nSPS) is 13.1. The van der Waals surface area contributed by atoms with Crippen LogP contribution in [0.3, 0.4) is 0 Å². The third-order valence-electron chi connectivity index (χ3n) is 16.3. The van der Waals surface area contributed by atoms with E-state index in [-0.39, 0.29) is 18.9 Å². The van der Waals surface area contributed by atoms with Gasteiger partial charge in [0, 0.05) is 0 Å². The van der Waals surface area contributed by atoms with Gasteiger partial charge in [-0.05, 0) is 38.5 Å². The third kappa shape index (κ3) is 60.2. The van der Waals surface area contributed by atoms with Crippen molar-refractivity contribution >= 4 is 5.91 Å². The maximum atomic E-state index is 12.6. The number of hydrogen-bond acceptors (Lipinski definition) is 4. The molecule has 5 heteroatoms. The van der Waals surface area contributed by atoms with E-state index in [1.165, 1.54) is 334 Å². The van der Waals surface area contributed by atoms with Crippen LogP contribution in [0.15, 0.2) is 12.2 Å². The summed E-state index contributed by atoms with van der Waals surface area (Å²) in [6.07, 6.45) is 81.4. The predicted molar refractivity (Wildman–Crippen MR) is 324 cm³/mol. The van der Waals surface area contributed by atoms with Gasteiger partial charge in [0.25, 0.3) is 0 Å². The Labute approximate surface area is 459 Å². The van der Waals surface area contributed by atoms with Crippen LogP contribution in [0, 0.1) is 0 Å². The van der Waals surface area contributed by atoms with Crippen LogP contribution >= 0.6 is 0 Å². The first-order chi connectivity index (χ1) is 36.0. The summed E-state index contributed by atoms with van der Waals surface area (Å²) in [5.74, 6) is -0.274. The van der Waals surface area contributed by atoms with Gasteiger partial charge in [-0.2, -0.15) is 0 Å². The molecule has 0 saturated carbocycles. The summed E-state index contributed by atoms with van der Waals surface area (Å²) in [7, 11) is 0. The average molecular weight is 1030 g/mol. The van der Waals surface area contributed by atoms with Crippen molar-refractivity contribution in [2.24, 2.45) is 0 Å². The van der Waals surface area contributed by atoms with E-state index in [2.05, 4.69) is 31.3 Å². The van der Waals surface area contributed by atoms with Crippen LogP contribution in [0.1, 0.15) is 393 Å². The fourth-order valence-corrected chi connectivity index (χ4v) is 11.2. The summed E-state index contributed by atoms with van der Waals surface area (Å²) < 4.78 is 0. The zero-order chi connectivity index (χ0) is 52.9. The third-order valence-corrected chi connectivity index (χ3v) is 16.3. The van der Waals surface area contributed by atoms with Gasteiger partial charge < -0.3 is 20.6 Å². The van der Waals surface area contributed by atoms with Gasteiger partial charge in [0.2, 0.25) is 5.91 Å². The SMILES string of the molecule is CCCCCCCCCCCCCCCCCC/C=C\CCCCCCCCCCCCCCCCCC(O)CC(=O)NC(CO)C(O)CCCCCCCCCCCCCCCCCCCCCCCCC. The molecule has 0 saturated heterocycles. The van der Waals surface area contributed by atoms with E-state index in [0.29, 0.717) is 12.8 Å². The molecule has 0 aliphatic carbocycles. The maximum Gasteiger partial charge on any atom is 0.222 e. The highest BCUT2D eigenvalue weighted by atomic mass is 16.3. The largest absolute Gasteiger partial charge is 0.394 e. The summed E-state index contributed by atoms with van der Waals surface area (Å²) >= 11 is 0. The minimum Gasteiger partial charge on any atom is -0.394 e. The van der Waals surface area contributed by atoms with Crippen molar-refractivity contribution in [2.45, 2.75) is 411 Å².